The minimum Gasteiger partial charge on any atom is -0.497 e. The van der Waals surface area contributed by atoms with E-state index in [0.29, 0.717) is 6.61 Å². The Morgan fingerprint density at radius 2 is 1.74 bits per heavy atom. The minimum absolute atomic E-state index is 0.551. The highest BCUT2D eigenvalue weighted by Gasteiger charge is 2.08. The number of allylic oxidation sites excluding steroid dienone is 1. The van der Waals surface area contributed by atoms with E-state index in [1.165, 1.54) is 0 Å². The Bertz CT molecular complexity index is 588. The molecule has 0 N–H and O–H groups in total. The zero-order valence-corrected chi connectivity index (χ0v) is 11.5. The zero-order chi connectivity index (χ0) is 13.7. The third kappa shape index (κ3) is 2.81. The van der Waals surface area contributed by atoms with Gasteiger partial charge in [0.25, 0.3) is 0 Å². The van der Waals surface area contributed by atoms with E-state index in [-0.39, 0.29) is 0 Å². The van der Waals surface area contributed by atoms with Crippen molar-refractivity contribution in [3.8, 4) is 17.2 Å². The smallest absolute Gasteiger partial charge is 0.128 e. The summed E-state index contributed by atoms with van der Waals surface area (Å²) in [5.41, 5.74) is 0. The van der Waals surface area contributed by atoms with E-state index < -0.39 is 0 Å². The lowest BCUT2D eigenvalue weighted by Gasteiger charge is -2.12. The third-order valence-electron chi connectivity index (χ3n) is 2.93. The molecule has 0 atom stereocenters. The van der Waals surface area contributed by atoms with Gasteiger partial charge >= 0.3 is 0 Å². The highest BCUT2D eigenvalue weighted by molar-refractivity contribution is 5.94. The standard InChI is InChI=1S/C16H18O3/c1-4-5-10-19-16-9-8-15(18-3)13-7-6-12(17-2)11-14(13)16/h4-9,11H,10H2,1-3H3/b5-4+. The van der Waals surface area contributed by atoms with Crippen LogP contribution in [-0.2, 0) is 0 Å². The van der Waals surface area contributed by atoms with Crippen molar-refractivity contribution in [2.75, 3.05) is 20.8 Å². The second-order valence-electron chi connectivity index (χ2n) is 4.06. The quantitative estimate of drug-likeness (QED) is 0.763. The average molecular weight is 258 g/mol. The molecule has 0 amide bonds. The Labute approximate surface area is 113 Å². The number of hydrogen-bond acceptors (Lipinski definition) is 3. The van der Waals surface area contributed by atoms with Crippen molar-refractivity contribution < 1.29 is 14.2 Å². The lowest BCUT2D eigenvalue weighted by Crippen LogP contribution is -1.95. The van der Waals surface area contributed by atoms with Crippen LogP contribution in [0.2, 0.25) is 0 Å². The fourth-order valence-electron chi connectivity index (χ4n) is 1.94. The molecule has 0 heterocycles. The summed E-state index contributed by atoms with van der Waals surface area (Å²) in [7, 11) is 3.32. The summed E-state index contributed by atoms with van der Waals surface area (Å²) in [5, 5.41) is 2.00. The highest BCUT2D eigenvalue weighted by Crippen LogP contribution is 2.35. The number of benzene rings is 2. The van der Waals surface area contributed by atoms with Crippen LogP contribution >= 0.6 is 0 Å². The van der Waals surface area contributed by atoms with Crippen LogP contribution in [0.5, 0.6) is 17.2 Å². The van der Waals surface area contributed by atoms with Crippen LogP contribution in [0.25, 0.3) is 10.8 Å². The van der Waals surface area contributed by atoms with Crippen LogP contribution in [0.3, 0.4) is 0 Å². The Morgan fingerprint density at radius 3 is 2.42 bits per heavy atom. The van der Waals surface area contributed by atoms with Crippen molar-refractivity contribution in [3.63, 3.8) is 0 Å². The molecular formula is C16H18O3. The summed E-state index contributed by atoms with van der Waals surface area (Å²) in [4.78, 5) is 0. The van der Waals surface area contributed by atoms with E-state index in [2.05, 4.69) is 0 Å². The highest BCUT2D eigenvalue weighted by atomic mass is 16.5. The Kier molecular flexibility index (Phi) is 4.29. The molecule has 2 aromatic carbocycles. The van der Waals surface area contributed by atoms with Gasteiger partial charge in [-0.1, -0.05) is 12.2 Å². The molecule has 0 unspecified atom stereocenters. The predicted molar refractivity (Wildman–Crippen MR) is 77.4 cm³/mol. The maximum atomic E-state index is 5.76. The summed E-state index contributed by atoms with van der Waals surface area (Å²) in [5.74, 6) is 2.46. The number of hydrogen-bond donors (Lipinski definition) is 0. The molecular weight excluding hydrogens is 240 g/mol. The van der Waals surface area contributed by atoms with Crippen LogP contribution < -0.4 is 14.2 Å². The van der Waals surface area contributed by atoms with Crippen molar-refractivity contribution in [2.24, 2.45) is 0 Å². The summed E-state index contributed by atoms with van der Waals surface area (Å²) >= 11 is 0. The summed E-state index contributed by atoms with van der Waals surface area (Å²) in [6.45, 7) is 2.52. The van der Waals surface area contributed by atoms with Gasteiger partial charge in [0, 0.05) is 10.8 Å². The Hall–Kier alpha value is -2.16. The van der Waals surface area contributed by atoms with Crippen LogP contribution in [0.4, 0.5) is 0 Å². The monoisotopic (exact) mass is 258 g/mol. The second kappa shape index (κ2) is 6.14. The van der Waals surface area contributed by atoms with Gasteiger partial charge in [0.05, 0.1) is 14.2 Å². The topological polar surface area (TPSA) is 27.7 Å². The first-order chi connectivity index (χ1) is 9.30. The molecule has 0 aromatic heterocycles. The van der Waals surface area contributed by atoms with Crippen molar-refractivity contribution in [1.29, 1.82) is 0 Å². The van der Waals surface area contributed by atoms with Gasteiger partial charge in [-0.15, -0.1) is 0 Å². The number of rotatable bonds is 5. The third-order valence-corrected chi connectivity index (χ3v) is 2.93. The maximum absolute atomic E-state index is 5.76. The van der Waals surface area contributed by atoms with Crippen LogP contribution in [0.1, 0.15) is 6.92 Å². The van der Waals surface area contributed by atoms with E-state index >= 15 is 0 Å². The fourth-order valence-corrected chi connectivity index (χ4v) is 1.94. The molecule has 100 valence electrons. The molecule has 0 aliphatic heterocycles. The van der Waals surface area contributed by atoms with Crippen molar-refractivity contribution in [2.45, 2.75) is 6.92 Å². The van der Waals surface area contributed by atoms with Gasteiger partial charge in [-0.3, -0.25) is 0 Å². The van der Waals surface area contributed by atoms with Gasteiger partial charge in [-0.25, -0.2) is 0 Å². The van der Waals surface area contributed by atoms with Gasteiger partial charge in [0.15, 0.2) is 0 Å². The fraction of sp³-hybridized carbons (Fsp3) is 0.250. The van der Waals surface area contributed by atoms with E-state index in [9.17, 15) is 0 Å². The Morgan fingerprint density at radius 1 is 0.947 bits per heavy atom. The first-order valence-corrected chi connectivity index (χ1v) is 6.19. The van der Waals surface area contributed by atoms with E-state index in [0.717, 1.165) is 28.0 Å². The van der Waals surface area contributed by atoms with Crippen molar-refractivity contribution in [3.05, 3.63) is 42.5 Å². The van der Waals surface area contributed by atoms with Crippen LogP contribution in [-0.4, -0.2) is 20.8 Å². The maximum Gasteiger partial charge on any atom is 0.128 e. The van der Waals surface area contributed by atoms with Crippen molar-refractivity contribution in [1.82, 2.24) is 0 Å². The normalized spacial score (nSPS) is 10.9. The van der Waals surface area contributed by atoms with Gasteiger partial charge in [-0.05, 0) is 37.3 Å². The average Bonchev–Trinajstić information content (AvgIpc) is 2.47. The van der Waals surface area contributed by atoms with Gasteiger partial charge in [0.1, 0.15) is 23.9 Å². The molecule has 0 saturated heterocycles. The molecule has 0 fully saturated rings. The molecule has 2 aromatic rings. The zero-order valence-electron chi connectivity index (χ0n) is 11.5. The van der Waals surface area contributed by atoms with E-state index in [1.54, 1.807) is 14.2 Å². The molecule has 0 aliphatic carbocycles. The lowest BCUT2D eigenvalue weighted by atomic mass is 10.1. The summed E-state index contributed by atoms with van der Waals surface area (Å²) in [6.07, 6.45) is 3.93. The van der Waals surface area contributed by atoms with E-state index in [4.69, 9.17) is 14.2 Å². The largest absolute Gasteiger partial charge is 0.497 e. The summed E-state index contributed by atoms with van der Waals surface area (Å²) in [6, 6.07) is 9.70. The van der Waals surface area contributed by atoms with Crippen LogP contribution in [0, 0.1) is 0 Å². The molecule has 0 spiro atoms. The number of fused-ring (bicyclic) bond motifs is 1. The first-order valence-electron chi connectivity index (χ1n) is 6.19. The predicted octanol–water partition coefficient (Wildman–Crippen LogP) is 3.81. The van der Waals surface area contributed by atoms with Crippen molar-refractivity contribution >= 4 is 10.8 Å². The van der Waals surface area contributed by atoms with E-state index in [1.807, 2.05) is 49.4 Å². The minimum atomic E-state index is 0.551. The molecule has 0 aliphatic rings. The molecule has 0 radical (unpaired) electrons. The van der Waals surface area contributed by atoms with Gasteiger partial charge in [0.2, 0.25) is 0 Å². The van der Waals surface area contributed by atoms with Gasteiger partial charge in [-0.2, -0.15) is 0 Å². The lowest BCUT2D eigenvalue weighted by molar-refractivity contribution is 0.365. The molecule has 3 heteroatoms. The number of ether oxygens (including phenoxy) is 3. The Balaban J connectivity index is 2.50. The molecule has 0 saturated carbocycles. The summed E-state index contributed by atoms with van der Waals surface area (Å²) < 4.78 is 16.4. The molecule has 3 nitrogen and oxygen atoms in total. The SMILES string of the molecule is C/C=C/COc1ccc(OC)c2ccc(OC)cc12. The van der Waals surface area contributed by atoms with Gasteiger partial charge < -0.3 is 14.2 Å². The molecule has 0 bridgehead atoms. The van der Waals surface area contributed by atoms with Crippen LogP contribution in [0.15, 0.2) is 42.5 Å². The number of methoxy groups -OCH3 is 2. The molecule has 2 rings (SSSR count). The first kappa shape index (κ1) is 13.3. The molecule has 19 heavy (non-hydrogen) atoms. The second-order valence-corrected chi connectivity index (χ2v) is 4.06.